The number of nitrogens with one attached hydrogen (secondary N) is 1. The lowest BCUT2D eigenvalue weighted by Crippen LogP contribution is -2.14. The Morgan fingerprint density at radius 1 is 1.11 bits per heavy atom. The number of hydrogen-bond acceptors (Lipinski definition) is 4. The van der Waals surface area contributed by atoms with Crippen LogP contribution < -0.4 is 5.32 Å². The van der Waals surface area contributed by atoms with Gasteiger partial charge in [-0.15, -0.1) is 0 Å². The van der Waals surface area contributed by atoms with E-state index in [-0.39, 0.29) is 11.7 Å². The van der Waals surface area contributed by atoms with E-state index in [1.54, 1.807) is 10.7 Å². The lowest BCUT2D eigenvalue weighted by Gasteiger charge is -2.05. The number of rotatable bonds is 5. The van der Waals surface area contributed by atoms with Crippen molar-refractivity contribution in [2.45, 2.75) is 5.03 Å². The first kappa shape index (κ1) is 17.8. The Morgan fingerprint density at radius 2 is 1.89 bits per heavy atom. The Hall–Kier alpha value is -2.64. The standard InChI is InChI=1S/C20H15BrN4OS/c21-15-6-8-16(9-7-15)23-19(26)13-27-20-18-12-17(14-4-2-1-3-5-14)24-25(18)11-10-22-20/h1-12H,13H2,(H,23,26). The van der Waals surface area contributed by atoms with Crippen LogP contribution in [0.2, 0.25) is 0 Å². The molecule has 0 saturated carbocycles. The summed E-state index contributed by atoms with van der Waals surface area (Å²) in [5.74, 6) is 0.197. The van der Waals surface area contributed by atoms with Crippen molar-refractivity contribution in [3.8, 4) is 11.3 Å². The Morgan fingerprint density at radius 3 is 2.67 bits per heavy atom. The number of hydrogen-bond donors (Lipinski definition) is 1. The number of anilines is 1. The lowest BCUT2D eigenvalue weighted by atomic mass is 10.1. The Kier molecular flexibility index (Phi) is 5.22. The van der Waals surface area contributed by atoms with Gasteiger partial charge < -0.3 is 5.32 Å². The fourth-order valence-corrected chi connectivity index (χ4v) is 3.66. The van der Waals surface area contributed by atoms with Crippen LogP contribution in [0.5, 0.6) is 0 Å². The van der Waals surface area contributed by atoms with Crippen LogP contribution >= 0.6 is 27.7 Å². The van der Waals surface area contributed by atoms with E-state index in [1.165, 1.54) is 11.8 Å². The van der Waals surface area contributed by atoms with Crippen molar-refractivity contribution >= 4 is 44.8 Å². The van der Waals surface area contributed by atoms with E-state index in [9.17, 15) is 4.79 Å². The molecule has 0 fully saturated rings. The van der Waals surface area contributed by atoms with Crippen LogP contribution in [0.3, 0.4) is 0 Å². The van der Waals surface area contributed by atoms with E-state index >= 15 is 0 Å². The first-order valence-electron chi connectivity index (χ1n) is 8.27. The average Bonchev–Trinajstić information content (AvgIpc) is 3.14. The average molecular weight is 439 g/mol. The number of halogens is 1. The molecule has 2 aromatic carbocycles. The highest BCUT2D eigenvalue weighted by Crippen LogP contribution is 2.26. The molecule has 0 radical (unpaired) electrons. The van der Waals surface area contributed by atoms with Crippen molar-refractivity contribution in [1.82, 2.24) is 14.6 Å². The van der Waals surface area contributed by atoms with Crippen LogP contribution in [-0.4, -0.2) is 26.3 Å². The Labute approximate surface area is 169 Å². The zero-order valence-electron chi connectivity index (χ0n) is 14.2. The van der Waals surface area contributed by atoms with E-state index in [1.807, 2.05) is 66.9 Å². The number of benzene rings is 2. The van der Waals surface area contributed by atoms with Crippen molar-refractivity contribution in [3.63, 3.8) is 0 Å². The fraction of sp³-hybridized carbons (Fsp3) is 0.0500. The zero-order chi connectivity index (χ0) is 18.6. The lowest BCUT2D eigenvalue weighted by molar-refractivity contribution is -0.113. The third kappa shape index (κ3) is 4.20. The minimum Gasteiger partial charge on any atom is -0.325 e. The molecule has 0 aliphatic carbocycles. The molecule has 0 spiro atoms. The molecule has 1 N–H and O–H groups in total. The molecular formula is C20H15BrN4OS. The van der Waals surface area contributed by atoms with Crippen LogP contribution in [0.4, 0.5) is 5.69 Å². The number of carbonyl (C=O) groups is 1. The van der Waals surface area contributed by atoms with Crippen LogP contribution in [0.25, 0.3) is 16.8 Å². The monoisotopic (exact) mass is 438 g/mol. The number of carbonyl (C=O) groups excluding carboxylic acids is 1. The minimum atomic E-state index is -0.0751. The number of nitrogens with zero attached hydrogens (tertiary/aromatic N) is 3. The molecule has 0 bridgehead atoms. The van der Waals surface area contributed by atoms with Crippen molar-refractivity contribution in [2.75, 3.05) is 11.1 Å². The topological polar surface area (TPSA) is 59.3 Å². The van der Waals surface area contributed by atoms with E-state index in [2.05, 4.69) is 31.3 Å². The maximum atomic E-state index is 12.2. The summed E-state index contributed by atoms with van der Waals surface area (Å²) in [6.07, 6.45) is 3.51. The highest BCUT2D eigenvalue weighted by atomic mass is 79.9. The van der Waals surface area contributed by atoms with Crippen molar-refractivity contribution in [1.29, 1.82) is 0 Å². The third-order valence-electron chi connectivity index (χ3n) is 3.89. The van der Waals surface area contributed by atoms with Crippen molar-refractivity contribution in [2.24, 2.45) is 0 Å². The van der Waals surface area contributed by atoms with Gasteiger partial charge in [0.2, 0.25) is 5.91 Å². The summed E-state index contributed by atoms with van der Waals surface area (Å²) in [5, 5.41) is 8.27. The normalized spacial score (nSPS) is 10.9. The van der Waals surface area contributed by atoms with Gasteiger partial charge in [0, 0.05) is 28.1 Å². The van der Waals surface area contributed by atoms with E-state index in [4.69, 9.17) is 0 Å². The molecule has 134 valence electrons. The van der Waals surface area contributed by atoms with Crippen LogP contribution in [0.15, 0.2) is 82.6 Å². The molecule has 0 unspecified atom stereocenters. The number of amides is 1. The van der Waals surface area contributed by atoms with Gasteiger partial charge in [0.05, 0.1) is 17.0 Å². The van der Waals surface area contributed by atoms with Crippen LogP contribution in [0.1, 0.15) is 0 Å². The van der Waals surface area contributed by atoms with Crippen molar-refractivity contribution in [3.05, 3.63) is 77.5 Å². The van der Waals surface area contributed by atoms with Crippen LogP contribution in [0, 0.1) is 0 Å². The molecule has 1 amide bonds. The minimum absolute atomic E-state index is 0.0751. The number of aromatic nitrogens is 3. The molecule has 2 heterocycles. The van der Waals surface area contributed by atoms with Gasteiger partial charge in [0.25, 0.3) is 0 Å². The highest BCUT2D eigenvalue weighted by Gasteiger charge is 2.11. The molecule has 2 aromatic heterocycles. The molecule has 27 heavy (non-hydrogen) atoms. The SMILES string of the molecule is O=C(CSc1nccn2nc(-c3ccccc3)cc12)Nc1ccc(Br)cc1. The van der Waals surface area contributed by atoms with E-state index in [0.717, 1.165) is 32.0 Å². The Balaban J connectivity index is 1.49. The highest BCUT2D eigenvalue weighted by molar-refractivity contribution is 9.10. The molecule has 4 rings (SSSR count). The molecule has 0 aliphatic rings. The van der Waals surface area contributed by atoms with Gasteiger partial charge in [-0.25, -0.2) is 9.50 Å². The van der Waals surface area contributed by atoms with E-state index < -0.39 is 0 Å². The maximum absolute atomic E-state index is 12.2. The maximum Gasteiger partial charge on any atom is 0.234 e. The molecule has 4 aromatic rings. The van der Waals surface area contributed by atoms with Gasteiger partial charge in [-0.3, -0.25) is 4.79 Å². The summed E-state index contributed by atoms with van der Waals surface area (Å²) < 4.78 is 2.77. The summed E-state index contributed by atoms with van der Waals surface area (Å²) in [6.45, 7) is 0. The number of thioether (sulfide) groups is 1. The van der Waals surface area contributed by atoms with Gasteiger partial charge >= 0.3 is 0 Å². The predicted octanol–water partition coefficient (Wildman–Crippen LogP) is 4.89. The third-order valence-corrected chi connectivity index (χ3v) is 5.42. The van der Waals surface area contributed by atoms with Gasteiger partial charge in [-0.1, -0.05) is 58.0 Å². The summed E-state index contributed by atoms with van der Waals surface area (Å²) in [5.41, 5.74) is 3.58. The Bertz CT molecular complexity index is 1080. The number of fused-ring (bicyclic) bond motifs is 1. The van der Waals surface area contributed by atoms with Gasteiger partial charge in [0.1, 0.15) is 5.03 Å². The van der Waals surface area contributed by atoms with Gasteiger partial charge in [-0.05, 0) is 30.3 Å². The zero-order valence-corrected chi connectivity index (χ0v) is 16.6. The fourth-order valence-electron chi connectivity index (χ4n) is 2.62. The van der Waals surface area contributed by atoms with Gasteiger partial charge in [0.15, 0.2) is 0 Å². The summed E-state index contributed by atoms with van der Waals surface area (Å²) >= 11 is 4.78. The molecular weight excluding hydrogens is 424 g/mol. The summed E-state index contributed by atoms with van der Waals surface area (Å²) in [4.78, 5) is 16.7. The molecule has 7 heteroatoms. The largest absolute Gasteiger partial charge is 0.325 e. The second kappa shape index (κ2) is 7.94. The first-order valence-corrected chi connectivity index (χ1v) is 10.0. The predicted molar refractivity (Wildman–Crippen MR) is 112 cm³/mol. The smallest absolute Gasteiger partial charge is 0.234 e. The van der Waals surface area contributed by atoms with E-state index in [0.29, 0.717) is 0 Å². The molecule has 0 aliphatic heterocycles. The van der Waals surface area contributed by atoms with Crippen LogP contribution in [-0.2, 0) is 4.79 Å². The summed E-state index contributed by atoms with van der Waals surface area (Å²) in [6, 6.07) is 19.5. The second-order valence-electron chi connectivity index (χ2n) is 5.80. The quantitative estimate of drug-likeness (QED) is 0.450. The second-order valence-corrected chi connectivity index (χ2v) is 7.68. The van der Waals surface area contributed by atoms with Gasteiger partial charge in [-0.2, -0.15) is 5.10 Å². The molecule has 0 saturated heterocycles. The first-order chi connectivity index (χ1) is 13.2. The molecule has 0 atom stereocenters. The molecule has 5 nitrogen and oxygen atoms in total. The van der Waals surface area contributed by atoms with Crippen molar-refractivity contribution < 1.29 is 4.79 Å². The summed E-state index contributed by atoms with van der Waals surface area (Å²) in [7, 11) is 0.